The molecule has 6 nitrogen and oxygen atoms in total. The number of benzene rings is 3. The fourth-order valence-corrected chi connectivity index (χ4v) is 4.23. The molecule has 3 aromatic rings. The molecule has 0 fully saturated rings. The molecule has 8 heteroatoms. The van der Waals surface area contributed by atoms with Crippen LogP contribution in [0, 0.1) is 11.6 Å². The molecule has 182 valence electrons. The van der Waals surface area contributed by atoms with Gasteiger partial charge in [0.15, 0.2) is 0 Å². The number of ether oxygens (including phenoxy) is 2. The summed E-state index contributed by atoms with van der Waals surface area (Å²) in [7, 11) is 1.50. The van der Waals surface area contributed by atoms with Crippen molar-refractivity contribution in [2.45, 2.75) is 32.4 Å². The molecule has 35 heavy (non-hydrogen) atoms. The van der Waals surface area contributed by atoms with Gasteiger partial charge in [-0.2, -0.15) is 0 Å². The molecule has 1 unspecified atom stereocenters. The number of aliphatic carboxylic acids is 1. The van der Waals surface area contributed by atoms with E-state index in [0.717, 1.165) is 0 Å². The van der Waals surface area contributed by atoms with Gasteiger partial charge in [0, 0.05) is 24.2 Å². The van der Waals surface area contributed by atoms with E-state index in [-0.39, 0.29) is 37.5 Å². The van der Waals surface area contributed by atoms with Gasteiger partial charge in [0.2, 0.25) is 0 Å². The largest absolute Gasteiger partial charge is 0.496 e. The average molecular weight is 481 g/mol. The molecule has 0 bridgehead atoms. The molecule has 1 atom stereocenters. The van der Waals surface area contributed by atoms with Crippen molar-refractivity contribution in [1.82, 2.24) is 4.90 Å². The van der Waals surface area contributed by atoms with Gasteiger partial charge in [-0.25, -0.2) is 13.6 Å². The number of carbonyl (C=O) groups excluding carboxylic acids is 1. The number of amides is 1. The van der Waals surface area contributed by atoms with Crippen molar-refractivity contribution in [2.24, 2.45) is 0 Å². The van der Waals surface area contributed by atoms with Crippen molar-refractivity contribution in [3.8, 4) is 16.9 Å². The van der Waals surface area contributed by atoms with Crippen LogP contribution >= 0.6 is 0 Å². The molecule has 0 saturated heterocycles. The van der Waals surface area contributed by atoms with Gasteiger partial charge in [0.25, 0.3) is 0 Å². The Morgan fingerprint density at radius 3 is 2.51 bits per heavy atom. The van der Waals surface area contributed by atoms with Crippen LogP contribution < -0.4 is 4.74 Å². The second kappa shape index (κ2) is 10.1. The maximum atomic E-state index is 14.7. The third-order valence-electron chi connectivity index (χ3n) is 6.31. The Kier molecular flexibility index (Phi) is 7.00. The summed E-state index contributed by atoms with van der Waals surface area (Å²) in [5.41, 5.74) is 3.17. The maximum Gasteiger partial charge on any atom is 0.410 e. The molecule has 3 aromatic carbocycles. The molecular formula is C27H25F2NO5. The quantitative estimate of drug-likeness (QED) is 0.502. The van der Waals surface area contributed by atoms with Gasteiger partial charge in [0.05, 0.1) is 13.0 Å². The third kappa shape index (κ3) is 4.96. The average Bonchev–Trinajstić information content (AvgIpc) is 2.87. The summed E-state index contributed by atoms with van der Waals surface area (Å²) in [6.07, 6.45) is -0.355. The summed E-state index contributed by atoms with van der Waals surface area (Å²) >= 11 is 0. The van der Waals surface area contributed by atoms with Crippen LogP contribution in [-0.2, 0) is 29.1 Å². The number of halogens is 2. The minimum Gasteiger partial charge on any atom is -0.496 e. The second-order valence-corrected chi connectivity index (χ2v) is 8.39. The highest BCUT2D eigenvalue weighted by atomic mass is 19.1. The van der Waals surface area contributed by atoms with Crippen LogP contribution in [0.5, 0.6) is 5.75 Å². The van der Waals surface area contributed by atoms with Gasteiger partial charge in [-0.15, -0.1) is 0 Å². The molecule has 1 N–H and O–H groups in total. The topological polar surface area (TPSA) is 76.1 Å². The highest BCUT2D eigenvalue weighted by Crippen LogP contribution is 2.38. The number of carboxylic acids is 1. The number of nitrogens with zero attached hydrogens (tertiary/aromatic N) is 1. The van der Waals surface area contributed by atoms with E-state index in [2.05, 4.69) is 0 Å². The fourth-order valence-electron chi connectivity index (χ4n) is 4.23. The van der Waals surface area contributed by atoms with E-state index in [1.54, 1.807) is 49.4 Å². The predicted molar refractivity (Wildman–Crippen MR) is 125 cm³/mol. The summed E-state index contributed by atoms with van der Waals surface area (Å²) in [6.45, 7) is 1.70. The van der Waals surface area contributed by atoms with E-state index >= 15 is 0 Å². The Morgan fingerprint density at radius 1 is 1.03 bits per heavy atom. The van der Waals surface area contributed by atoms with Crippen molar-refractivity contribution >= 4 is 12.1 Å². The highest BCUT2D eigenvalue weighted by molar-refractivity contribution is 5.80. The fraction of sp³-hybridized carbons (Fsp3) is 0.259. The first-order valence-corrected chi connectivity index (χ1v) is 11.2. The zero-order chi connectivity index (χ0) is 25.1. The number of methoxy groups -OCH3 is 1. The molecular weight excluding hydrogens is 456 g/mol. The van der Waals surface area contributed by atoms with E-state index in [1.165, 1.54) is 24.1 Å². The molecule has 1 amide bonds. The van der Waals surface area contributed by atoms with Crippen molar-refractivity contribution < 1.29 is 33.0 Å². The number of carbonyl (C=O) groups is 2. The second-order valence-electron chi connectivity index (χ2n) is 8.39. The Balaban J connectivity index is 1.65. The molecule has 0 radical (unpaired) electrons. The minimum absolute atomic E-state index is 0.0837. The van der Waals surface area contributed by atoms with Crippen LogP contribution in [0.4, 0.5) is 13.6 Å². The first-order valence-electron chi connectivity index (χ1n) is 11.2. The molecule has 1 aliphatic rings. The van der Waals surface area contributed by atoms with Crippen LogP contribution in [0.3, 0.4) is 0 Å². The lowest BCUT2D eigenvalue weighted by Crippen LogP contribution is -2.37. The van der Waals surface area contributed by atoms with E-state index in [9.17, 15) is 23.5 Å². The molecule has 0 aromatic heterocycles. The summed E-state index contributed by atoms with van der Waals surface area (Å²) in [5.74, 6) is -2.06. The van der Waals surface area contributed by atoms with Crippen molar-refractivity contribution in [3.63, 3.8) is 0 Å². The van der Waals surface area contributed by atoms with Crippen LogP contribution in [0.1, 0.15) is 35.1 Å². The smallest absolute Gasteiger partial charge is 0.410 e. The van der Waals surface area contributed by atoms with Crippen molar-refractivity contribution in [1.29, 1.82) is 0 Å². The van der Waals surface area contributed by atoms with E-state index in [4.69, 9.17) is 9.47 Å². The number of carboxylic acid groups (broad SMARTS) is 1. The Labute approximate surface area is 201 Å². The Hall–Kier alpha value is -3.94. The molecule has 0 saturated carbocycles. The standard InChI is InChI=1S/C27H25F2NO5/c1-16(26(31)32)17-7-10-25(34-2)21(13-17)19-8-9-24(29)20-11-12-30(14-22(19)20)27(33)35-15-18-5-3-4-6-23(18)28/h3-10,13,16H,11-12,14-15H2,1-2H3,(H,31,32). The summed E-state index contributed by atoms with van der Waals surface area (Å²) < 4.78 is 39.4. The molecule has 4 rings (SSSR count). The lowest BCUT2D eigenvalue weighted by Gasteiger charge is -2.30. The van der Waals surface area contributed by atoms with Gasteiger partial charge in [0.1, 0.15) is 24.0 Å². The van der Waals surface area contributed by atoms with Crippen molar-refractivity contribution in [3.05, 3.63) is 88.5 Å². The zero-order valence-corrected chi connectivity index (χ0v) is 19.4. The van der Waals surface area contributed by atoms with Crippen molar-refractivity contribution in [2.75, 3.05) is 13.7 Å². The van der Waals surface area contributed by atoms with Crippen LogP contribution in [0.25, 0.3) is 11.1 Å². The molecule has 1 aliphatic heterocycles. The summed E-state index contributed by atoms with van der Waals surface area (Å²) in [5, 5.41) is 9.44. The van der Waals surface area contributed by atoms with E-state index in [0.29, 0.717) is 33.6 Å². The van der Waals surface area contributed by atoms with E-state index in [1.807, 2.05) is 0 Å². The SMILES string of the molecule is COc1ccc(C(C)C(=O)O)cc1-c1ccc(F)c2c1CN(C(=O)OCc1ccccc1F)CC2. The van der Waals surface area contributed by atoms with Gasteiger partial charge in [-0.05, 0) is 59.9 Å². The van der Waals surface area contributed by atoms with Gasteiger partial charge in [-0.3, -0.25) is 4.79 Å². The predicted octanol–water partition coefficient (Wildman–Crippen LogP) is 5.52. The van der Waals surface area contributed by atoms with Gasteiger partial charge < -0.3 is 19.5 Å². The first kappa shape index (κ1) is 24.2. The Bertz CT molecular complexity index is 1280. The number of rotatable bonds is 6. The zero-order valence-electron chi connectivity index (χ0n) is 19.4. The highest BCUT2D eigenvalue weighted by Gasteiger charge is 2.28. The van der Waals surface area contributed by atoms with E-state index < -0.39 is 23.8 Å². The summed E-state index contributed by atoms with van der Waals surface area (Å²) in [6, 6.07) is 14.1. The number of hydrogen-bond acceptors (Lipinski definition) is 4. The van der Waals surface area contributed by atoms with Gasteiger partial charge >= 0.3 is 12.1 Å². The van der Waals surface area contributed by atoms with Gasteiger partial charge in [-0.1, -0.05) is 30.3 Å². The number of fused-ring (bicyclic) bond motifs is 1. The minimum atomic E-state index is -0.967. The molecule has 1 heterocycles. The normalized spacial score (nSPS) is 13.7. The van der Waals surface area contributed by atoms with Crippen LogP contribution in [-0.4, -0.2) is 35.7 Å². The maximum absolute atomic E-state index is 14.7. The number of hydrogen-bond donors (Lipinski definition) is 1. The van der Waals surface area contributed by atoms with Crippen LogP contribution in [0.15, 0.2) is 54.6 Å². The molecule has 0 spiro atoms. The summed E-state index contributed by atoms with van der Waals surface area (Å²) in [4.78, 5) is 25.7. The third-order valence-corrected chi connectivity index (χ3v) is 6.31. The lowest BCUT2D eigenvalue weighted by atomic mass is 9.88. The Morgan fingerprint density at radius 2 is 1.80 bits per heavy atom. The monoisotopic (exact) mass is 481 g/mol. The molecule has 0 aliphatic carbocycles. The first-order chi connectivity index (χ1) is 16.8. The van der Waals surface area contributed by atoms with Crippen LogP contribution in [0.2, 0.25) is 0 Å². The lowest BCUT2D eigenvalue weighted by molar-refractivity contribution is -0.138.